The summed E-state index contributed by atoms with van der Waals surface area (Å²) >= 11 is 0. The molecule has 1 amide bonds. The van der Waals surface area contributed by atoms with Gasteiger partial charge in [0.15, 0.2) is 0 Å². The number of amides is 1. The highest BCUT2D eigenvalue weighted by molar-refractivity contribution is 6.09. The summed E-state index contributed by atoms with van der Waals surface area (Å²) in [5.74, 6) is -0.563. The first kappa shape index (κ1) is 19.5. The first-order valence-corrected chi connectivity index (χ1v) is 8.49. The Morgan fingerprint density at radius 1 is 1.14 bits per heavy atom. The average Bonchev–Trinajstić information content (AvgIpc) is 3.21. The van der Waals surface area contributed by atoms with E-state index in [0.29, 0.717) is 22.8 Å². The predicted octanol–water partition coefficient (Wildman–Crippen LogP) is 2.86. The molecule has 144 valence electrons. The van der Waals surface area contributed by atoms with Crippen LogP contribution >= 0.6 is 0 Å². The second-order valence-electron chi connectivity index (χ2n) is 5.92. The summed E-state index contributed by atoms with van der Waals surface area (Å²) in [4.78, 5) is 23.3. The van der Waals surface area contributed by atoms with E-state index in [1.807, 2.05) is 6.07 Å². The molecule has 2 aromatic carbocycles. The van der Waals surface area contributed by atoms with Gasteiger partial charge in [0, 0.05) is 17.3 Å². The van der Waals surface area contributed by atoms with Gasteiger partial charge < -0.3 is 24.4 Å². The second kappa shape index (κ2) is 8.59. The van der Waals surface area contributed by atoms with Crippen molar-refractivity contribution in [2.45, 2.75) is 0 Å². The summed E-state index contributed by atoms with van der Waals surface area (Å²) in [6, 6.07) is 17.8. The smallest absolute Gasteiger partial charge is 0.266 e. The Hall–Kier alpha value is -4.31. The van der Waals surface area contributed by atoms with E-state index in [0.717, 1.165) is 0 Å². The SMILES string of the molecule is COc1ccc(NC(=O)/C(C#N)=C\c2ccc(-c3cccc(C(=O)[O-])c3)o2)cc1. The van der Waals surface area contributed by atoms with Crippen LogP contribution in [0, 0.1) is 11.3 Å². The van der Waals surface area contributed by atoms with Crippen LogP contribution in [0.25, 0.3) is 17.4 Å². The number of hydrogen-bond donors (Lipinski definition) is 1. The van der Waals surface area contributed by atoms with Crippen LogP contribution in [0.15, 0.2) is 70.7 Å². The third kappa shape index (κ3) is 4.70. The van der Waals surface area contributed by atoms with Crippen LogP contribution in [0.5, 0.6) is 5.75 Å². The van der Waals surface area contributed by atoms with Crippen molar-refractivity contribution in [3.8, 4) is 23.1 Å². The van der Waals surface area contributed by atoms with Gasteiger partial charge in [0.25, 0.3) is 5.91 Å². The van der Waals surface area contributed by atoms with Gasteiger partial charge in [-0.1, -0.05) is 18.2 Å². The average molecular weight is 387 g/mol. The summed E-state index contributed by atoms with van der Waals surface area (Å²) in [7, 11) is 1.54. The fourth-order valence-corrected chi connectivity index (χ4v) is 2.55. The van der Waals surface area contributed by atoms with E-state index in [2.05, 4.69) is 5.32 Å². The molecule has 3 rings (SSSR count). The van der Waals surface area contributed by atoms with Gasteiger partial charge in [0.1, 0.15) is 28.9 Å². The van der Waals surface area contributed by atoms with Gasteiger partial charge >= 0.3 is 0 Å². The molecule has 0 fully saturated rings. The van der Waals surface area contributed by atoms with Crippen molar-refractivity contribution in [3.63, 3.8) is 0 Å². The van der Waals surface area contributed by atoms with Crippen molar-refractivity contribution in [3.05, 3.63) is 77.6 Å². The van der Waals surface area contributed by atoms with E-state index in [1.165, 1.54) is 25.3 Å². The summed E-state index contributed by atoms with van der Waals surface area (Å²) in [6.07, 6.45) is 1.31. The number of ether oxygens (including phenoxy) is 1. The lowest BCUT2D eigenvalue weighted by Gasteiger charge is -2.05. The number of carbonyl (C=O) groups is 2. The van der Waals surface area contributed by atoms with Crippen molar-refractivity contribution in [1.82, 2.24) is 0 Å². The lowest BCUT2D eigenvalue weighted by molar-refractivity contribution is -0.255. The van der Waals surface area contributed by atoms with Crippen LogP contribution in [0.1, 0.15) is 16.1 Å². The minimum absolute atomic E-state index is 0.0209. The van der Waals surface area contributed by atoms with Gasteiger partial charge in [-0.2, -0.15) is 5.26 Å². The fourth-order valence-electron chi connectivity index (χ4n) is 2.55. The maximum atomic E-state index is 12.4. The van der Waals surface area contributed by atoms with Crippen LogP contribution < -0.4 is 15.2 Å². The van der Waals surface area contributed by atoms with Crippen molar-refractivity contribution < 1.29 is 23.8 Å². The van der Waals surface area contributed by atoms with E-state index in [1.54, 1.807) is 48.5 Å². The monoisotopic (exact) mass is 387 g/mol. The second-order valence-corrected chi connectivity index (χ2v) is 5.92. The molecular formula is C22H15N2O5-. The molecule has 0 aliphatic heterocycles. The molecule has 0 unspecified atom stereocenters. The Bertz CT molecular complexity index is 1120. The van der Waals surface area contributed by atoms with Gasteiger partial charge in [-0.15, -0.1) is 0 Å². The number of benzene rings is 2. The van der Waals surface area contributed by atoms with Gasteiger partial charge in [-0.25, -0.2) is 0 Å². The number of methoxy groups -OCH3 is 1. The third-order valence-electron chi connectivity index (χ3n) is 4.01. The number of aromatic carboxylic acids is 1. The van der Waals surface area contributed by atoms with E-state index in [-0.39, 0.29) is 16.9 Å². The lowest BCUT2D eigenvalue weighted by Crippen LogP contribution is -2.22. The molecule has 1 aromatic heterocycles. The highest BCUT2D eigenvalue weighted by Crippen LogP contribution is 2.24. The molecule has 0 spiro atoms. The van der Waals surface area contributed by atoms with Gasteiger partial charge in [0.05, 0.1) is 13.1 Å². The maximum Gasteiger partial charge on any atom is 0.266 e. The number of rotatable bonds is 6. The van der Waals surface area contributed by atoms with Gasteiger partial charge in [0.2, 0.25) is 0 Å². The first-order valence-electron chi connectivity index (χ1n) is 8.49. The minimum atomic E-state index is -1.29. The van der Waals surface area contributed by atoms with Crippen LogP contribution in [-0.2, 0) is 4.79 Å². The minimum Gasteiger partial charge on any atom is -0.545 e. The Balaban J connectivity index is 1.79. The summed E-state index contributed by atoms with van der Waals surface area (Å²) in [5.41, 5.74) is 0.918. The Morgan fingerprint density at radius 2 is 1.90 bits per heavy atom. The van der Waals surface area contributed by atoms with Gasteiger partial charge in [-0.05, 0) is 48.0 Å². The quantitative estimate of drug-likeness (QED) is 0.514. The van der Waals surface area contributed by atoms with Crippen molar-refractivity contribution in [1.29, 1.82) is 5.26 Å². The molecule has 29 heavy (non-hydrogen) atoms. The standard InChI is InChI=1S/C22H16N2O5/c1-28-18-7-5-17(6-8-18)24-21(25)16(13-23)12-19-9-10-20(29-19)14-3-2-4-15(11-14)22(26)27/h2-12H,1H3,(H,24,25)(H,26,27)/p-1/b16-12-. The predicted molar refractivity (Wildman–Crippen MR) is 104 cm³/mol. The number of nitriles is 1. The highest BCUT2D eigenvalue weighted by Gasteiger charge is 2.12. The lowest BCUT2D eigenvalue weighted by atomic mass is 10.1. The van der Waals surface area contributed by atoms with Crippen LogP contribution in [0.3, 0.4) is 0 Å². The molecule has 0 saturated carbocycles. The third-order valence-corrected chi connectivity index (χ3v) is 4.01. The Morgan fingerprint density at radius 3 is 2.55 bits per heavy atom. The zero-order chi connectivity index (χ0) is 20.8. The molecule has 7 heteroatoms. The van der Waals surface area contributed by atoms with Crippen LogP contribution in [-0.4, -0.2) is 19.0 Å². The highest BCUT2D eigenvalue weighted by atomic mass is 16.5. The molecule has 1 N–H and O–H groups in total. The largest absolute Gasteiger partial charge is 0.545 e. The molecule has 0 aliphatic rings. The number of hydrogen-bond acceptors (Lipinski definition) is 6. The van der Waals surface area contributed by atoms with E-state index >= 15 is 0 Å². The summed E-state index contributed by atoms with van der Waals surface area (Å²) in [5, 5.41) is 22.9. The molecule has 0 saturated heterocycles. The number of furan rings is 1. The van der Waals surface area contributed by atoms with Gasteiger partial charge in [-0.3, -0.25) is 4.79 Å². The zero-order valence-electron chi connectivity index (χ0n) is 15.3. The fraction of sp³-hybridized carbons (Fsp3) is 0.0455. The summed E-state index contributed by atoms with van der Waals surface area (Å²) in [6.45, 7) is 0. The number of anilines is 1. The molecular weight excluding hydrogens is 372 g/mol. The van der Waals surface area contributed by atoms with Crippen molar-refractivity contribution in [2.24, 2.45) is 0 Å². The van der Waals surface area contributed by atoms with Crippen LogP contribution in [0.4, 0.5) is 5.69 Å². The van der Waals surface area contributed by atoms with E-state index in [4.69, 9.17) is 9.15 Å². The first-order chi connectivity index (χ1) is 14.0. The number of carboxylic acid groups (broad SMARTS) is 1. The molecule has 0 atom stereocenters. The number of carbonyl (C=O) groups excluding carboxylic acids is 2. The van der Waals surface area contributed by atoms with E-state index in [9.17, 15) is 20.0 Å². The number of carboxylic acids is 1. The normalized spacial score (nSPS) is 10.8. The number of nitrogens with zero attached hydrogens (tertiary/aromatic N) is 1. The molecule has 7 nitrogen and oxygen atoms in total. The number of nitrogens with one attached hydrogen (secondary N) is 1. The van der Waals surface area contributed by atoms with Crippen molar-refractivity contribution in [2.75, 3.05) is 12.4 Å². The Kier molecular flexibility index (Phi) is 5.76. The topological polar surface area (TPSA) is 115 Å². The zero-order valence-corrected chi connectivity index (χ0v) is 15.3. The van der Waals surface area contributed by atoms with Crippen LogP contribution in [0.2, 0.25) is 0 Å². The molecule has 0 radical (unpaired) electrons. The van der Waals surface area contributed by atoms with Crippen molar-refractivity contribution >= 4 is 23.6 Å². The molecule has 1 heterocycles. The maximum absolute atomic E-state index is 12.4. The molecule has 0 bridgehead atoms. The molecule has 0 aliphatic carbocycles. The van der Waals surface area contributed by atoms with E-state index < -0.39 is 11.9 Å². The summed E-state index contributed by atoms with van der Waals surface area (Å²) < 4.78 is 10.7. The molecule has 3 aromatic rings. The Labute approximate surface area is 166 Å².